The highest BCUT2D eigenvalue weighted by Crippen LogP contribution is 2.22. The Hall–Kier alpha value is -2.19. The van der Waals surface area contributed by atoms with Gasteiger partial charge in [0.1, 0.15) is 5.82 Å². The van der Waals surface area contributed by atoms with Gasteiger partial charge in [-0.1, -0.05) is 13.0 Å². The fourth-order valence-electron chi connectivity index (χ4n) is 3.55. The van der Waals surface area contributed by atoms with Crippen LogP contribution in [0.3, 0.4) is 0 Å². The van der Waals surface area contributed by atoms with Crippen LogP contribution in [0.25, 0.3) is 0 Å². The van der Waals surface area contributed by atoms with Crippen LogP contribution in [0.5, 0.6) is 0 Å². The van der Waals surface area contributed by atoms with Crippen LogP contribution in [0, 0.1) is 12.7 Å². The Morgan fingerprint density at radius 2 is 2.00 bits per heavy atom. The third kappa shape index (κ3) is 6.40. The number of nitrogens with zero attached hydrogens (tertiary/aromatic N) is 4. The number of benzene rings is 1. The first-order valence-electron chi connectivity index (χ1n) is 10.8. The quantitative estimate of drug-likeness (QED) is 0.496. The number of aliphatic imine (C=N–C) groups is 1. The van der Waals surface area contributed by atoms with E-state index in [2.05, 4.69) is 42.7 Å². The van der Waals surface area contributed by atoms with Crippen LogP contribution in [0.2, 0.25) is 0 Å². The molecular weight excluding hydrogens is 399 g/mol. The van der Waals surface area contributed by atoms with E-state index in [0.29, 0.717) is 12.2 Å². The second-order valence-electron chi connectivity index (χ2n) is 7.44. The van der Waals surface area contributed by atoms with Gasteiger partial charge < -0.3 is 20.4 Å². The lowest BCUT2D eigenvalue weighted by molar-refractivity contribution is 0.270. The Morgan fingerprint density at radius 1 is 1.20 bits per heavy atom. The summed E-state index contributed by atoms with van der Waals surface area (Å²) in [6, 6.07) is 5.50. The summed E-state index contributed by atoms with van der Waals surface area (Å²) in [6.07, 6.45) is 0.851. The monoisotopic (exact) mass is 432 g/mol. The van der Waals surface area contributed by atoms with E-state index in [0.717, 1.165) is 74.5 Å². The van der Waals surface area contributed by atoms with Crippen LogP contribution in [0.15, 0.2) is 28.6 Å². The maximum Gasteiger partial charge on any atom is 0.191 e. The number of hydrogen-bond acceptors (Lipinski definition) is 5. The summed E-state index contributed by atoms with van der Waals surface area (Å²) >= 11 is 1.67. The number of rotatable bonds is 8. The molecule has 1 aromatic heterocycles. The topological polar surface area (TPSA) is 55.8 Å². The highest BCUT2D eigenvalue weighted by Gasteiger charge is 2.18. The molecular formula is C22H33FN6S. The van der Waals surface area contributed by atoms with Gasteiger partial charge in [0.25, 0.3) is 0 Å². The van der Waals surface area contributed by atoms with E-state index in [4.69, 9.17) is 0 Å². The molecule has 8 heteroatoms. The van der Waals surface area contributed by atoms with Crippen molar-refractivity contribution < 1.29 is 4.39 Å². The van der Waals surface area contributed by atoms with Gasteiger partial charge in [-0.25, -0.2) is 14.4 Å². The molecule has 2 N–H and O–H groups in total. The molecule has 0 radical (unpaired) electrons. The predicted octanol–water partition coefficient (Wildman–Crippen LogP) is 3.03. The fraction of sp³-hybridized carbons (Fsp3) is 0.545. The normalized spacial score (nSPS) is 15.5. The number of likely N-dealkylation sites (N-methyl/N-ethyl adjacent to an activating group) is 1. The first-order valence-corrected chi connectivity index (χ1v) is 11.7. The number of halogens is 1. The molecule has 6 nitrogen and oxygen atoms in total. The minimum absolute atomic E-state index is 0.162. The predicted molar refractivity (Wildman–Crippen MR) is 124 cm³/mol. The lowest BCUT2D eigenvalue weighted by atomic mass is 10.1. The summed E-state index contributed by atoms with van der Waals surface area (Å²) in [7, 11) is 0. The van der Waals surface area contributed by atoms with Crippen LogP contribution in [0.1, 0.15) is 30.1 Å². The molecule has 0 atom stereocenters. The summed E-state index contributed by atoms with van der Waals surface area (Å²) < 4.78 is 14.7. The molecule has 2 aromatic rings. The number of piperazine rings is 1. The summed E-state index contributed by atoms with van der Waals surface area (Å²) in [4.78, 5) is 13.6. The van der Waals surface area contributed by atoms with Crippen molar-refractivity contribution in [2.75, 3.05) is 50.7 Å². The highest BCUT2D eigenvalue weighted by molar-refractivity contribution is 7.09. The van der Waals surface area contributed by atoms with E-state index in [1.165, 1.54) is 0 Å². The van der Waals surface area contributed by atoms with Crippen molar-refractivity contribution in [3.63, 3.8) is 0 Å². The molecule has 0 unspecified atom stereocenters. The number of aromatic nitrogens is 1. The first kappa shape index (κ1) is 22.5. The van der Waals surface area contributed by atoms with Crippen LogP contribution < -0.4 is 15.5 Å². The van der Waals surface area contributed by atoms with Crippen LogP contribution in [0.4, 0.5) is 10.1 Å². The molecule has 2 heterocycles. The van der Waals surface area contributed by atoms with Gasteiger partial charge in [-0.3, -0.25) is 0 Å². The second-order valence-corrected chi connectivity index (χ2v) is 8.50. The molecule has 0 aliphatic carbocycles. The minimum Gasteiger partial charge on any atom is -0.367 e. The van der Waals surface area contributed by atoms with Gasteiger partial charge in [-0.05, 0) is 38.1 Å². The van der Waals surface area contributed by atoms with Gasteiger partial charge in [0.2, 0.25) is 0 Å². The Labute approximate surface area is 183 Å². The molecule has 0 bridgehead atoms. The maximum absolute atomic E-state index is 14.7. The van der Waals surface area contributed by atoms with E-state index in [1.807, 2.05) is 26.0 Å². The first-order chi connectivity index (χ1) is 14.6. The smallest absolute Gasteiger partial charge is 0.191 e. The van der Waals surface area contributed by atoms with Crippen molar-refractivity contribution in [3.05, 3.63) is 45.7 Å². The zero-order valence-electron chi connectivity index (χ0n) is 18.2. The number of aryl methyl sites for hydroxylation is 1. The van der Waals surface area contributed by atoms with Gasteiger partial charge >= 0.3 is 0 Å². The Bertz CT molecular complexity index is 829. The summed E-state index contributed by atoms with van der Waals surface area (Å²) in [6.45, 7) is 13.0. The fourth-order valence-corrected chi connectivity index (χ4v) is 4.20. The summed E-state index contributed by atoms with van der Waals surface area (Å²) in [5.74, 6) is 0.578. The summed E-state index contributed by atoms with van der Waals surface area (Å²) in [5.41, 5.74) is 2.66. The lowest BCUT2D eigenvalue weighted by Crippen LogP contribution is -2.46. The number of thiazole rings is 1. The van der Waals surface area contributed by atoms with Gasteiger partial charge in [-0.2, -0.15) is 0 Å². The molecule has 30 heavy (non-hydrogen) atoms. The molecule has 1 aliphatic heterocycles. The van der Waals surface area contributed by atoms with Crippen molar-refractivity contribution in [3.8, 4) is 0 Å². The van der Waals surface area contributed by atoms with Crippen molar-refractivity contribution in [1.82, 2.24) is 20.5 Å². The second kappa shape index (κ2) is 11.3. The third-order valence-corrected chi connectivity index (χ3v) is 6.10. The SMILES string of the molecule is CCNC(=NCc1ccc(N2CCN(CC)CC2)c(F)c1)NCCc1csc(C)n1. The highest BCUT2D eigenvalue weighted by atomic mass is 32.1. The number of nitrogens with one attached hydrogen (secondary N) is 2. The summed E-state index contributed by atoms with van der Waals surface area (Å²) in [5, 5.41) is 9.76. The third-order valence-electron chi connectivity index (χ3n) is 5.28. The number of anilines is 1. The Morgan fingerprint density at radius 3 is 2.63 bits per heavy atom. The van der Waals surface area contributed by atoms with Crippen molar-refractivity contribution in [1.29, 1.82) is 0 Å². The van der Waals surface area contributed by atoms with Crippen molar-refractivity contribution in [2.24, 2.45) is 4.99 Å². The van der Waals surface area contributed by atoms with E-state index >= 15 is 0 Å². The van der Waals surface area contributed by atoms with Gasteiger partial charge in [-0.15, -0.1) is 11.3 Å². The minimum atomic E-state index is -0.162. The van der Waals surface area contributed by atoms with Crippen LogP contribution in [-0.2, 0) is 13.0 Å². The number of guanidine groups is 1. The van der Waals surface area contributed by atoms with E-state index < -0.39 is 0 Å². The van der Waals surface area contributed by atoms with Gasteiger partial charge in [0.15, 0.2) is 5.96 Å². The van der Waals surface area contributed by atoms with Crippen molar-refractivity contribution in [2.45, 2.75) is 33.7 Å². The maximum atomic E-state index is 14.7. The van der Waals surface area contributed by atoms with Crippen LogP contribution >= 0.6 is 11.3 Å². The molecule has 1 fully saturated rings. The van der Waals surface area contributed by atoms with Gasteiger partial charge in [0.05, 0.1) is 22.9 Å². The standard InChI is InChI=1S/C22H33FN6S/c1-4-24-22(25-9-8-19-16-30-17(3)27-19)26-15-18-6-7-21(20(23)14-18)29-12-10-28(5-2)11-13-29/h6-7,14,16H,4-5,8-13,15H2,1-3H3,(H2,24,25,26). The molecule has 1 aromatic carbocycles. The van der Waals surface area contributed by atoms with Gasteiger partial charge in [0, 0.05) is 51.1 Å². The largest absolute Gasteiger partial charge is 0.367 e. The van der Waals surface area contributed by atoms with Crippen LogP contribution in [-0.4, -0.2) is 61.7 Å². The molecule has 1 saturated heterocycles. The molecule has 0 amide bonds. The molecule has 0 saturated carbocycles. The zero-order valence-corrected chi connectivity index (χ0v) is 19.1. The Balaban J connectivity index is 1.55. The average Bonchev–Trinajstić information content (AvgIpc) is 3.17. The van der Waals surface area contributed by atoms with E-state index in [-0.39, 0.29) is 5.82 Å². The van der Waals surface area contributed by atoms with Crippen molar-refractivity contribution >= 4 is 23.0 Å². The molecule has 164 valence electrons. The van der Waals surface area contributed by atoms with E-state index in [1.54, 1.807) is 17.4 Å². The van der Waals surface area contributed by atoms with E-state index in [9.17, 15) is 4.39 Å². The average molecular weight is 433 g/mol. The molecule has 0 spiro atoms. The zero-order chi connectivity index (χ0) is 21.3. The number of hydrogen-bond donors (Lipinski definition) is 2. The molecule has 3 rings (SSSR count). The Kier molecular flexibility index (Phi) is 8.45. The molecule has 1 aliphatic rings. The lowest BCUT2D eigenvalue weighted by Gasteiger charge is -2.35.